The second-order valence-corrected chi connectivity index (χ2v) is 15.5. The van der Waals surface area contributed by atoms with E-state index in [1.165, 1.54) is 98.1 Å². The second-order valence-electron chi connectivity index (χ2n) is 14.3. The van der Waals surface area contributed by atoms with E-state index in [4.69, 9.17) is 0 Å². The summed E-state index contributed by atoms with van der Waals surface area (Å²) in [5.41, 5.74) is 11.5. The van der Waals surface area contributed by atoms with Crippen molar-refractivity contribution in [2.75, 3.05) is 0 Å². The fraction of sp³-hybridized carbons (Fsp3) is 0.0385. The van der Waals surface area contributed by atoms with Gasteiger partial charge in [0.05, 0.1) is 0 Å². The lowest BCUT2D eigenvalue weighted by Gasteiger charge is -2.20. The Kier molecular flexibility index (Phi) is 7.03. The highest BCUT2D eigenvalue weighted by atomic mass is 32.2. The van der Waals surface area contributed by atoms with Crippen LogP contribution in [0.1, 0.15) is 11.5 Å². The van der Waals surface area contributed by atoms with Gasteiger partial charge in [0, 0.05) is 16.1 Å². The number of benzene rings is 9. The average Bonchev–Trinajstić information content (AvgIpc) is 3.60. The van der Waals surface area contributed by atoms with Gasteiger partial charge in [0.2, 0.25) is 0 Å². The summed E-state index contributed by atoms with van der Waals surface area (Å²) in [4.78, 5) is 1.40. The summed E-state index contributed by atoms with van der Waals surface area (Å²) in [5.74, 6) is 0.429. The van der Waals surface area contributed by atoms with Crippen LogP contribution in [0.4, 0.5) is 0 Å². The molecule has 1 aliphatic carbocycles. The van der Waals surface area contributed by atoms with Crippen LogP contribution in [0.3, 0.4) is 0 Å². The van der Waals surface area contributed by atoms with E-state index >= 15 is 0 Å². The first-order chi connectivity index (χ1) is 26.3. The first-order valence-electron chi connectivity index (χ1n) is 18.5. The highest BCUT2D eigenvalue weighted by molar-refractivity contribution is 8.00. The highest BCUT2D eigenvalue weighted by Crippen LogP contribution is 2.50. The molecule has 2 atom stereocenters. The number of thioether (sulfide) groups is 1. The van der Waals surface area contributed by atoms with Gasteiger partial charge in [-0.2, -0.15) is 0 Å². The van der Waals surface area contributed by atoms with Gasteiger partial charge in [-0.3, -0.25) is 0 Å². The van der Waals surface area contributed by atoms with Gasteiger partial charge in [-0.05, 0) is 111 Å². The lowest BCUT2D eigenvalue weighted by molar-refractivity contribution is 0.881. The van der Waals surface area contributed by atoms with Gasteiger partial charge in [0.1, 0.15) is 0 Å². The quantitative estimate of drug-likeness (QED) is 0.166. The van der Waals surface area contributed by atoms with E-state index in [0.29, 0.717) is 11.2 Å². The topological polar surface area (TPSA) is 0 Å². The van der Waals surface area contributed by atoms with Gasteiger partial charge in [0.25, 0.3) is 0 Å². The number of rotatable bonds is 4. The lowest BCUT2D eigenvalue weighted by Crippen LogP contribution is -2.06. The molecule has 0 aromatic heterocycles. The molecule has 0 saturated carbocycles. The van der Waals surface area contributed by atoms with E-state index in [1.54, 1.807) is 0 Å². The lowest BCUT2D eigenvalue weighted by atomic mass is 9.83. The van der Waals surface area contributed by atoms with Crippen LogP contribution in [-0.2, 0) is 0 Å². The van der Waals surface area contributed by atoms with E-state index in [9.17, 15) is 0 Å². The molecule has 1 heterocycles. The molecular weight excluding hydrogens is 657 g/mol. The molecule has 0 radical (unpaired) electrons. The van der Waals surface area contributed by atoms with E-state index in [2.05, 4.69) is 194 Å². The van der Waals surface area contributed by atoms with Gasteiger partial charge in [0.15, 0.2) is 0 Å². The van der Waals surface area contributed by atoms with Gasteiger partial charge in [-0.25, -0.2) is 0 Å². The molecule has 11 rings (SSSR count). The first-order valence-corrected chi connectivity index (χ1v) is 19.4. The maximum absolute atomic E-state index is 2.46. The smallest absolute Gasteiger partial charge is 0.0381 e. The monoisotopic (exact) mass is 690 g/mol. The van der Waals surface area contributed by atoms with Crippen molar-refractivity contribution < 1.29 is 0 Å². The van der Waals surface area contributed by atoms with E-state index < -0.39 is 0 Å². The number of allylic oxidation sites excluding steroid dienone is 3. The summed E-state index contributed by atoms with van der Waals surface area (Å²) in [6, 6.07) is 63.4. The Bertz CT molecular complexity index is 2970. The fourth-order valence-electron chi connectivity index (χ4n) is 8.92. The van der Waals surface area contributed by atoms with E-state index in [-0.39, 0.29) is 0 Å². The molecule has 2 unspecified atom stereocenters. The minimum absolute atomic E-state index is 0.429. The Morgan fingerprint density at radius 2 is 0.906 bits per heavy atom. The Morgan fingerprint density at radius 3 is 1.68 bits per heavy atom. The summed E-state index contributed by atoms with van der Waals surface area (Å²) in [5, 5.41) is 10.6. The second kappa shape index (κ2) is 12.2. The van der Waals surface area contributed by atoms with Crippen molar-refractivity contribution in [3.8, 4) is 44.5 Å². The third-order valence-corrected chi connectivity index (χ3v) is 12.8. The molecular formula is C52H34S. The maximum atomic E-state index is 2.46. The summed E-state index contributed by atoms with van der Waals surface area (Å²) in [6.07, 6.45) is 9.12. The van der Waals surface area contributed by atoms with E-state index in [0.717, 1.165) is 0 Å². The molecule has 2 aliphatic rings. The normalized spacial score (nSPS) is 16.1. The molecule has 1 aliphatic heterocycles. The first kappa shape index (κ1) is 30.5. The zero-order valence-electron chi connectivity index (χ0n) is 29.0. The van der Waals surface area contributed by atoms with Crippen molar-refractivity contribution in [1.82, 2.24) is 0 Å². The molecule has 9 aromatic rings. The zero-order chi connectivity index (χ0) is 34.9. The van der Waals surface area contributed by atoms with Crippen LogP contribution < -0.4 is 0 Å². The fourth-order valence-corrected chi connectivity index (χ4v) is 10.2. The Hall–Kier alpha value is -6.15. The van der Waals surface area contributed by atoms with Crippen molar-refractivity contribution in [2.45, 2.75) is 16.1 Å². The zero-order valence-corrected chi connectivity index (χ0v) is 29.9. The Balaban J connectivity index is 1.16. The molecule has 53 heavy (non-hydrogen) atoms. The molecule has 9 aromatic carbocycles. The predicted octanol–water partition coefficient (Wildman–Crippen LogP) is 14.7. The van der Waals surface area contributed by atoms with Crippen molar-refractivity contribution in [2.24, 2.45) is 0 Å². The maximum Gasteiger partial charge on any atom is 0.0381 e. The molecule has 0 saturated heterocycles. The number of hydrogen-bond donors (Lipinski definition) is 0. The Morgan fingerprint density at radius 1 is 0.358 bits per heavy atom. The minimum Gasteiger partial charge on any atom is -0.117 e. The summed E-state index contributed by atoms with van der Waals surface area (Å²) >= 11 is 1.99. The molecule has 0 spiro atoms. The van der Waals surface area contributed by atoms with Gasteiger partial charge < -0.3 is 0 Å². The van der Waals surface area contributed by atoms with Gasteiger partial charge >= 0.3 is 0 Å². The predicted molar refractivity (Wildman–Crippen MR) is 229 cm³/mol. The van der Waals surface area contributed by atoms with Crippen molar-refractivity contribution >= 4 is 54.9 Å². The van der Waals surface area contributed by atoms with Crippen LogP contribution in [0.5, 0.6) is 0 Å². The van der Waals surface area contributed by atoms with Crippen LogP contribution in [0.15, 0.2) is 199 Å². The average molecular weight is 691 g/mol. The van der Waals surface area contributed by atoms with E-state index in [1.807, 2.05) is 11.8 Å². The van der Waals surface area contributed by atoms with Crippen molar-refractivity contribution in [3.63, 3.8) is 0 Å². The van der Waals surface area contributed by atoms with Crippen molar-refractivity contribution in [3.05, 3.63) is 200 Å². The highest BCUT2D eigenvalue weighted by Gasteiger charge is 2.31. The molecule has 0 nitrogen and oxygen atoms in total. The SMILES string of the molecule is C1=CC2Sc3ccc(-c4ccc5c(-c6cccc7ccccc67)c6ccccc6c(-c6ccc(-c7cccc8ccccc78)cc6)c5c4)cc3C2C=C1. The summed E-state index contributed by atoms with van der Waals surface area (Å²) < 4.78 is 0. The van der Waals surface area contributed by atoms with Crippen LogP contribution in [0.25, 0.3) is 87.6 Å². The standard InChI is InChI=1S/C52H34S/c1-3-15-39-33(11-1)13-9-20-40(39)35-23-25-36(26-24-35)51-44-18-5-6-19-45(44)52(43-21-10-14-34-12-2-4-16-41(34)43)46-29-27-37(32-48(46)51)38-28-30-50-47(31-38)42-17-7-8-22-49(42)53-50/h1-32,42,49H. The molecule has 0 bridgehead atoms. The van der Waals surface area contributed by atoms with Crippen LogP contribution >= 0.6 is 11.8 Å². The molecule has 0 N–H and O–H groups in total. The number of fused-ring (bicyclic) bond motifs is 7. The van der Waals surface area contributed by atoms with Gasteiger partial charge in [-0.15, -0.1) is 11.8 Å². The third-order valence-electron chi connectivity index (χ3n) is 11.4. The minimum atomic E-state index is 0.429. The molecule has 248 valence electrons. The number of hydrogen-bond acceptors (Lipinski definition) is 1. The molecule has 1 heteroatoms. The summed E-state index contributed by atoms with van der Waals surface area (Å²) in [7, 11) is 0. The third kappa shape index (κ3) is 4.92. The van der Waals surface area contributed by atoms with Crippen molar-refractivity contribution in [1.29, 1.82) is 0 Å². The molecule has 0 fully saturated rings. The van der Waals surface area contributed by atoms with Gasteiger partial charge in [-0.1, -0.05) is 176 Å². The van der Waals surface area contributed by atoms with Crippen LogP contribution in [0.2, 0.25) is 0 Å². The largest absolute Gasteiger partial charge is 0.117 e. The molecule has 0 amide bonds. The van der Waals surface area contributed by atoms with Crippen LogP contribution in [-0.4, -0.2) is 5.25 Å². The summed E-state index contributed by atoms with van der Waals surface area (Å²) in [6.45, 7) is 0. The Labute approximate surface area is 313 Å². The van der Waals surface area contributed by atoms with Crippen LogP contribution in [0, 0.1) is 0 Å².